The first-order chi connectivity index (χ1) is 9.60. The maximum atomic E-state index is 13.2. The summed E-state index contributed by atoms with van der Waals surface area (Å²) >= 11 is 5.62. The molecule has 1 aromatic carbocycles. The average Bonchev–Trinajstić information content (AvgIpc) is 2.38. The third kappa shape index (κ3) is 4.23. The number of hydrogen-bond donors (Lipinski definition) is 1. The SMILES string of the molecule is CCNC(Cc1cncc(Br)c1)c1ccc(F)cc1I. The van der Waals surface area contributed by atoms with Crippen LogP contribution in [0.5, 0.6) is 0 Å². The molecule has 2 aromatic rings. The Labute approximate surface area is 140 Å². The van der Waals surface area contributed by atoms with Gasteiger partial charge in [-0.2, -0.15) is 0 Å². The molecule has 1 heterocycles. The van der Waals surface area contributed by atoms with Crippen molar-refractivity contribution in [2.75, 3.05) is 6.54 Å². The number of likely N-dealkylation sites (N-methyl/N-ethyl adjacent to an activating group) is 1. The van der Waals surface area contributed by atoms with Crippen molar-refractivity contribution in [2.45, 2.75) is 19.4 Å². The van der Waals surface area contributed by atoms with E-state index >= 15 is 0 Å². The molecule has 0 fully saturated rings. The molecule has 0 saturated heterocycles. The Balaban J connectivity index is 2.26. The van der Waals surface area contributed by atoms with Gasteiger partial charge in [-0.1, -0.05) is 13.0 Å². The fourth-order valence-electron chi connectivity index (χ4n) is 2.13. The Morgan fingerprint density at radius 3 is 2.80 bits per heavy atom. The van der Waals surface area contributed by atoms with Gasteiger partial charge in [0.1, 0.15) is 5.82 Å². The van der Waals surface area contributed by atoms with Gasteiger partial charge in [-0.25, -0.2) is 4.39 Å². The van der Waals surface area contributed by atoms with Gasteiger partial charge in [0, 0.05) is 26.5 Å². The van der Waals surface area contributed by atoms with Crippen LogP contribution in [0.4, 0.5) is 4.39 Å². The first-order valence-electron chi connectivity index (χ1n) is 6.38. The number of hydrogen-bond acceptors (Lipinski definition) is 2. The molecule has 2 nitrogen and oxygen atoms in total. The summed E-state index contributed by atoms with van der Waals surface area (Å²) in [5, 5.41) is 3.46. The molecule has 0 aliphatic heterocycles. The maximum Gasteiger partial charge on any atom is 0.124 e. The normalized spacial score (nSPS) is 12.4. The van der Waals surface area contributed by atoms with E-state index in [4.69, 9.17) is 0 Å². The summed E-state index contributed by atoms with van der Waals surface area (Å²) in [5.74, 6) is -0.197. The molecule has 1 atom stereocenters. The smallest absolute Gasteiger partial charge is 0.124 e. The average molecular weight is 449 g/mol. The van der Waals surface area contributed by atoms with Crippen LogP contribution in [-0.4, -0.2) is 11.5 Å². The van der Waals surface area contributed by atoms with Crippen LogP contribution in [0.25, 0.3) is 0 Å². The lowest BCUT2D eigenvalue weighted by atomic mass is 10.00. The van der Waals surface area contributed by atoms with E-state index in [1.165, 1.54) is 6.07 Å². The summed E-state index contributed by atoms with van der Waals surface area (Å²) in [4.78, 5) is 4.19. The molecule has 2 rings (SSSR count). The molecule has 0 aliphatic rings. The molecule has 0 aliphatic carbocycles. The highest BCUT2D eigenvalue weighted by Crippen LogP contribution is 2.25. The predicted octanol–water partition coefficient (Wildman–Crippen LogP) is 4.48. The standard InChI is InChI=1S/C15H15BrFIN2/c1-2-20-15(6-10-5-11(16)9-19-8-10)13-4-3-12(17)7-14(13)18/h3-5,7-9,15,20H,2,6H2,1H3. The fraction of sp³-hybridized carbons (Fsp3) is 0.267. The van der Waals surface area contributed by atoms with E-state index in [1.807, 2.05) is 12.3 Å². The van der Waals surface area contributed by atoms with Crippen LogP contribution in [0.2, 0.25) is 0 Å². The summed E-state index contributed by atoms with van der Waals surface area (Å²) < 4.78 is 15.1. The zero-order valence-corrected chi connectivity index (χ0v) is 14.8. The third-order valence-corrected chi connectivity index (χ3v) is 4.36. The van der Waals surface area contributed by atoms with E-state index in [0.29, 0.717) is 0 Å². The second-order valence-electron chi connectivity index (χ2n) is 4.49. The molecule has 1 N–H and O–H groups in total. The van der Waals surface area contributed by atoms with E-state index in [1.54, 1.807) is 12.3 Å². The number of rotatable bonds is 5. The van der Waals surface area contributed by atoms with Crippen molar-refractivity contribution in [3.8, 4) is 0 Å². The maximum absolute atomic E-state index is 13.2. The van der Waals surface area contributed by atoms with Crippen LogP contribution < -0.4 is 5.32 Å². The van der Waals surface area contributed by atoms with Gasteiger partial charge in [0.25, 0.3) is 0 Å². The number of aromatic nitrogens is 1. The molecular formula is C15H15BrFIN2. The minimum atomic E-state index is -0.197. The van der Waals surface area contributed by atoms with Crippen molar-refractivity contribution >= 4 is 38.5 Å². The molecule has 1 unspecified atom stereocenters. The predicted molar refractivity (Wildman–Crippen MR) is 91.2 cm³/mol. The van der Waals surface area contributed by atoms with E-state index in [9.17, 15) is 4.39 Å². The van der Waals surface area contributed by atoms with Gasteiger partial charge in [0.2, 0.25) is 0 Å². The van der Waals surface area contributed by atoms with Crippen LogP contribution in [0.1, 0.15) is 24.1 Å². The Kier molecular flexibility index (Phi) is 5.92. The van der Waals surface area contributed by atoms with Gasteiger partial charge in [0.05, 0.1) is 0 Å². The Morgan fingerprint density at radius 2 is 2.15 bits per heavy atom. The molecule has 0 bridgehead atoms. The van der Waals surface area contributed by atoms with Crippen molar-refractivity contribution in [3.05, 3.63) is 61.6 Å². The lowest BCUT2D eigenvalue weighted by molar-refractivity contribution is 0.544. The quantitative estimate of drug-likeness (QED) is 0.682. The molecule has 0 radical (unpaired) electrons. The number of halogens is 3. The fourth-order valence-corrected chi connectivity index (χ4v) is 3.39. The highest BCUT2D eigenvalue weighted by molar-refractivity contribution is 14.1. The highest BCUT2D eigenvalue weighted by atomic mass is 127. The summed E-state index contributed by atoms with van der Waals surface area (Å²) in [7, 11) is 0. The van der Waals surface area contributed by atoms with Crippen molar-refractivity contribution in [1.29, 1.82) is 0 Å². The van der Waals surface area contributed by atoms with Gasteiger partial charge in [-0.15, -0.1) is 0 Å². The lowest BCUT2D eigenvalue weighted by Gasteiger charge is -2.20. The number of benzene rings is 1. The van der Waals surface area contributed by atoms with Gasteiger partial charge < -0.3 is 5.32 Å². The van der Waals surface area contributed by atoms with E-state index < -0.39 is 0 Å². The van der Waals surface area contributed by atoms with E-state index in [-0.39, 0.29) is 11.9 Å². The monoisotopic (exact) mass is 448 g/mol. The van der Waals surface area contributed by atoms with Crippen LogP contribution in [0.15, 0.2) is 41.1 Å². The summed E-state index contributed by atoms with van der Waals surface area (Å²) in [6.07, 6.45) is 4.46. The first-order valence-corrected chi connectivity index (χ1v) is 8.25. The van der Waals surface area contributed by atoms with Crippen LogP contribution in [0, 0.1) is 9.39 Å². The molecule has 0 saturated carbocycles. The van der Waals surface area contributed by atoms with Crippen LogP contribution >= 0.6 is 38.5 Å². The zero-order chi connectivity index (χ0) is 14.5. The van der Waals surface area contributed by atoms with E-state index in [0.717, 1.165) is 32.1 Å². The van der Waals surface area contributed by atoms with Gasteiger partial charge in [-0.3, -0.25) is 4.98 Å². The minimum Gasteiger partial charge on any atom is -0.310 e. The Bertz CT molecular complexity index is 592. The van der Waals surface area contributed by atoms with Crippen molar-refractivity contribution in [3.63, 3.8) is 0 Å². The Morgan fingerprint density at radius 1 is 1.35 bits per heavy atom. The summed E-state index contributed by atoms with van der Waals surface area (Å²) in [6, 6.07) is 7.16. The summed E-state index contributed by atoms with van der Waals surface area (Å²) in [5.41, 5.74) is 2.26. The first kappa shape index (κ1) is 15.9. The Hall–Kier alpha value is -0.530. The van der Waals surface area contributed by atoms with E-state index in [2.05, 4.69) is 61.8 Å². The van der Waals surface area contributed by atoms with Crippen LogP contribution in [0.3, 0.4) is 0 Å². The van der Waals surface area contributed by atoms with Crippen LogP contribution in [-0.2, 0) is 6.42 Å². The van der Waals surface area contributed by atoms with Crippen molar-refractivity contribution < 1.29 is 4.39 Å². The molecule has 0 amide bonds. The lowest BCUT2D eigenvalue weighted by Crippen LogP contribution is -2.24. The molecule has 1 aromatic heterocycles. The summed E-state index contributed by atoms with van der Waals surface area (Å²) in [6.45, 7) is 2.93. The number of pyridine rings is 1. The van der Waals surface area contributed by atoms with Crippen molar-refractivity contribution in [1.82, 2.24) is 10.3 Å². The number of nitrogens with one attached hydrogen (secondary N) is 1. The van der Waals surface area contributed by atoms with Gasteiger partial charge in [-0.05, 0) is 80.8 Å². The molecular weight excluding hydrogens is 434 g/mol. The second-order valence-corrected chi connectivity index (χ2v) is 6.57. The molecule has 5 heteroatoms. The molecule has 0 spiro atoms. The third-order valence-electron chi connectivity index (χ3n) is 2.99. The van der Waals surface area contributed by atoms with Gasteiger partial charge >= 0.3 is 0 Å². The van der Waals surface area contributed by atoms with Crippen molar-refractivity contribution in [2.24, 2.45) is 0 Å². The minimum absolute atomic E-state index is 0.156. The largest absolute Gasteiger partial charge is 0.310 e. The highest BCUT2D eigenvalue weighted by Gasteiger charge is 2.15. The zero-order valence-electron chi connectivity index (χ0n) is 11.0. The number of nitrogens with zero attached hydrogens (tertiary/aromatic N) is 1. The topological polar surface area (TPSA) is 24.9 Å². The molecule has 106 valence electrons. The second kappa shape index (κ2) is 7.47. The molecule has 20 heavy (non-hydrogen) atoms. The van der Waals surface area contributed by atoms with Gasteiger partial charge in [0.15, 0.2) is 0 Å².